The normalized spacial score (nSPS) is 10.4. The van der Waals surface area contributed by atoms with Crippen LogP contribution in [0.1, 0.15) is 0 Å². The van der Waals surface area contributed by atoms with Gasteiger partial charge in [-0.3, -0.25) is 4.94 Å². The van der Waals surface area contributed by atoms with Crippen LogP contribution in [0.3, 0.4) is 0 Å². The molecule has 2 heterocycles. The largest absolute Gasteiger partial charge is 0.385 e. The third-order valence-electron chi connectivity index (χ3n) is 1.94. The predicted molar refractivity (Wildman–Crippen MR) is 57.7 cm³/mol. The molecule has 0 saturated carbocycles. The highest BCUT2D eigenvalue weighted by Gasteiger charge is 2.10. The molecule has 4 N–H and O–H groups in total. The van der Waals surface area contributed by atoms with Gasteiger partial charge in [0.05, 0.1) is 12.4 Å². The number of hydrogen-bond donors (Lipinski definition) is 2. The molecule has 0 aliphatic rings. The highest BCUT2D eigenvalue weighted by atomic mass is 19.1. The summed E-state index contributed by atoms with van der Waals surface area (Å²) in [6, 6.07) is 0. The number of halogens is 2. The van der Waals surface area contributed by atoms with Crippen molar-refractivity contribution in [3.63, 3.8) is 0 Å². The van der Waals surface area contributed by atoms with Gasteiger partial charge in [0, 0.05) is 0 Å². The first-order chi connectivity index (χ1) is 8.88. The van der Waals surface area contributed by atoms with E-state index in [1.807, 2.05) is 0 Å². The molecule has 0 aliphatic carbocycles. The monoisotopic (exact) mass is 272 g/mol. The lowest BCUT2D eigenvalue weighted by molar-refractivity contribution is 0.0136. The molecule has 100 valence electrons. The van der Waals surface area contributed by atoms with Gasteiger partial charge in [-0.25, -0.2) is 18.4 Å². The van der Waals surface area contributed by atoms with Crippen LogP contribution in [-0.2, 0) is 0 Å². The van der Waals surface area contributed by atoms with Gasteiger partial charge in [-0.1, -0.05) is 0 Å². The van der Waals surface area contributed by atoms with Gasteiger partial charge >= 0.3 is 11.4 Å². The third-order valence-corrected chi connectivity index (χ3v) is 1.94. The van der Waals surface area contributed by atoms with Crippen molar-refractivity contribution in [2.24, 2.45) is 0 Å². The minimum Gasteiger partial charge on any atom is -0.381 e. The van der Waals surface area contributed by atoms with Crippen LogP contribution >= 0.6 is 0 Å². The Morgan fingerprint density at radius 1 is 0.947 bits per heavy atom. The van der Waals surface area contributed by atoms with E-state index in [0.29, 0.717) is 12.4 Å². The van der Waals surface area contributed by atoms with Crippen molar-refractivity contribution in [1.82, 2.24) is 19.4 Å². The Kier molecular flexibility index (Phi) is 2.86. The average molecular weight is 272 g/mol. The fourth-order valence-electron chi connectivity index (χ4n) is 1.07. The molecular weight excluding hydrogens is 266 g/mol. The molecule has 0 aliphatic heterocycles. The van der Waals surface area contributed by atoms with Crippen molar-refractivity contribution in [2.75, 3.05) is 11.5 Å². The number of hydrogen-bond acceptors (Lipinski definition) is 7. The summed E-state index contributed by atoms with van der Waals surface area (Å²) in [5.74, 6) is -3.40. The molecule has 0 radical (unpaired) electrons. The van der Waals surface area contributed by atoms with Crippen molar-refractivity contribution in [3.8, 4) is 0 Å². The van der Waals surface area contributed by atoms with Crippen molar-refractivity contribution in [2.45, 2.75) is 0 Å². The smallest absolute Gasteiger partial charge is 0.381 e. The lowest BCUT2D eigenvalue weighted by Gasteiger charge is -2.08. The molecule has 0 amide bonds. The standard InChI is InChI=1S/C8H6F2N6O3/c9-3-1-15(7(17)13-5(3)11)19-16-2-4(10)6(12)14-8(16)18/h1-2H,(H2,11,13,17)(H2,12,14,18). The van der Waals surface area contributed by atoms with Crippen molar-refractivity contribution in [3.05, 3.63) is 45.0 Å². The van der Waals surface area contributed by atoms with Crippen LogP contribution in [0.5, 0.6) is 0 Å². The van der Waals surface area contributed by atoms with E-state index < -0.39 is 34.6 Å². The lowest BCUT2D eigenvalue weighted by atomic mass is 10.6. The zero-order valence-electron chi connectivity index (χ0n) is 9.08. The van der Waals surface area contributed by atoms with Crippen molar-refractivity contribution < 1.29 is 13.7 Å². The average Bonchev–Trinajstić information content (AvgIpc) is 2.32. The van der Waals surface area contributed by atoms with E-state index in [1.165, 1.54) is 0 Å². The lowest BCUT2D eigenvalue weighted by Crippen LogP contribution is -2.38. The molecule has 0 aromatic carbocycles. The van der Waals surface area contributed by atoms with Gasteiger partial charge in [-0.05, 0) is 0 Å². The van der Waals surface area contributed by atoms with Crippen LogP contribution in [0.15, 0.2) is 22.0 Å². The minimum atomic E-state index is -1.11. The molecule has 11 heteroatoms. The second-order valence-corrected chi connectivity index (χ2v) is 3.25. The Morgan fingerprint density at radius 2 is 1.32 bits per heavy atom. The summed E-state index contributed by atoms with van der Waals surface area (Å²) >= 11 is 0. The summed E-state index contributed by atoms with van der Waals surface area (Å²) in [6.45, 7) is 0. The first-order valence-electron chi connectivity index (χ1n) is 4.66. The highest BCUT2D eigenvalue weighted by Crippen LogP contribution is 2.01. The summed E-state index contributed by atoms with van der Waals surface area (Å²) in [5, 5.41) is 0. The Morgan fingerprint density at radius 3 is 1.68 bits per heavy atom. The van der Waals surface area contributed by atoms with Crippen LogP contribution < -0.4 is 27.8 Å². The molecular formula is C8H6F2N6O3. The highest BCUT2D eigenvalue weighted by molar-refractivity contribution is 5.26. The van der Waals surface area contributed by atoms with E-state index in [4.69, 9.17) is 11.5 Å². The Bertz CT molecular complexity index is 692. The first kappa shape index (κ1) is 12.5. The SMILES string of the molecule is Nc1nc(=O)n(On2cc(F)c(N)nc2=O)cc1F. The van der Waals surface area contributed by atoms with Gasteiger partial charge in [0.25, 0.3) is 0 Å². The van der Waals surface area contributed by atoms with E-state index in [-0.39, 0.29) is 9.46 Å². The summed E-state index contributed by atoms with van der Waals surface area (Å²) in [5.41, 5.74) is 7.87. The maximum Gasteiger partial charge on any atom is 0.385 e. The third kappa shape index (κ3) is 2.34. The quantitative estimate of drug-likeness (QED) is 0.654. The molecule has 0 unspecified atom stereocenters. The summed E-state index contributed by atoms with van der Waals surface area (Å²) in [7, 11) is 0. The predicted octanol–water partition coefficient (Wildman–Crippen LogP) is -1.87. The first-order valence-corrected chi connectivity index (χ1v) is 4.66. The van der Waals surface area contributed by atoms with Crippen molar-refractivity contribution >= 4 is 11.6 Å². The number of nitrogens with two attached hydrogens (primary N) is 2. The van der Waals surface area contributed by atoms with Gasteiger partial charge in [-0.15, -0.1) is 9.46 Å². The molecule has 2 aromatic heterocycles. The second-order valence-electron chi connectivity index (χ2n) is 3.25. The molecule has 0 fully saturated rings. The molecule has 9 nitrogen and oxygen atoms in total. The van der Waals surface area contributed by atoms with Crippen LogP contribution in [-0.4, -0.2) is 19.4 Å². The molecule has 0 saturated heterocycles. The number of nitrogen functional groups attached to an aromatic ring is 2. The molecule has 0 spiro atoms. The van der Waals surface area contributed by atoms with Gasteiger partial charge in [-0.2, -0.15) is 9.97 Å². The van der Waals surface area contributed by atoms with Crippen LogP contribution in [0.4, 0.5) is 20.4 Å². The van der Waals surface area contributed by atoms with Crippen LogP contribution in [0.25, 0.3) is 0 Å². The van der Waals surface area contributed by atoms with Gasteiger partial charge < -0.3 is 11.5 Å². The fourth-order valence-corrected chi connectivity index (χ4v) is 1.07. The molecule has 2 aromatic rings. The maximum absolute atomic E-state index is 13.1. The topological polar surface area (TPSA) is 131 Å². The van der Waals surface area contributed by atoms with Gasteiger partial charge in [0.1, 0.15) is 0 Å². The van der Waals surface area contributed by atoms with E-state index in [0.717, 1.165) is 0 Å². The zero-order valence-corrected chi connectivity index (χ0v) is 9.08. The zero-order chi connectivity index (χ0) is 14.2. The fraction of sp³-hybridized carbons (Fsp3) is 0. The summed E-state index contributed by atoms with van der Waals surface area (Å²) in [4.78, 5) is 33.3. The summed E-state index contributed by atoms with van der Waals surface area (Å²) in [6.07, 6.45) is 1.07. The number of aromatic nitrogens is 4. The molecule has 0 atom stereocenters. The van der Waals surface area contributed by atoms with Crippen molar-refractivity contribution in [1.29, 1.82) is 0 Å². The van der Waals surface area contributed by atoms with E-state index in [1.54, 1.807) is 0 Å². The number of rotatable bonds is 2. The van der Waals surface area contributed by atoms with E-state index in [2.05, 4.69) is 14.9 Å². The van der Waals surface area contributed by atoms with Crippen LogP contribution in [0, 0.1) is 11.6 Å². The van der Waals surface area contributed by atoms with Gasteiger partial charge in [0.15, 0.2) is 23.3 Å². The Labute approximate surface area is 102 Å². The van der Waals surface area contributed by atoms with Gasteiger partial charge in [0.2, 0.25) is 0 Å². The van der Waals surface area contributed by atoms with Crippen LogP contribution in [0.2, 0.25) is 0 Å². The number of nitrogens with zero attached hydrogens (tertiary/aromatic N) is 4. The second kappa shape index (κ2) is 4.36. The number of anilines is 2. The Hall–Kier alpha value is -2.98. The molecule has 0 bridgehead atoms. The Balaban J connectivity index is 2.48. The van der Waals surface area contributed by atoms with E-state index >= 15 is 0 Å². The minimum absolute atomic E-state index is 0.240. The maximum atomic E-state index is 13.1. The molecule has 2 rings (SSSR count). The summed E-state index contributed by atoms with van der Waals surface area (Å²) < 4.78 is 26.6. The molecule has 19 heavy (non-hydrogen) atoms. The van der Waals surface area contributed by atoms with E-state index in [9.17, 15) is 18.4 Å².